The van der Waals surface area contributed by atoms with Gasteiger partial charge in [-0.3, -0.25) is 0 Å². The molecule has 78 valence electrons. The fourth-order valence-electron chi connectivity index (χ4n) is 1.15. The van der Waals surface area contributed by atoms with Crippen LogP contribution in [0, 0.1) is 0 Å². The van der Waals surface area contributed by atoms with Crippen molar-refractivity contribution in [2.24, 2.45) is 0 Å². The highest BCUT2D eigenvalue weighted by Crippen LogP contribution is 2.25. The van der Waals surface area contributed by atoms with E-state index in [4.69, 9.17) is 4.74 Å². The predicted molar refractivity (Wildman–Crippen MR) is 56.2 cm³/mol. The van der Waals surface area contributed by atoms with Crippen LogP contribution >= 0.6 is 0 Å². The van der Waals surface area contributed by atoms with Gasteiger partial charge in [-0.2, -0.15) is 0 Å². The highest BCUT2D eigenvalue weighted by molar-refractivity contribution is 5.32. The van der Waals surface area contributed by atoms with Crippen molar-refractivity contribution in [1.29, 1.82) is 0 Å². The maximum atomic E-state index is 5.42. The first kappa shape index (κ1) is 10.9. The minimum atomic E-state index is -0.396. The molecule has 0 bridgehead atoms. The molecule has 4 nitrogen and oxygen atoms in total. The van der Waals surface area contributed by atoms with Crippen LogP contribution in [-0.4, -0.2) is 24.1 Å². The number of hydrogen-bond acceptors (Lipinski definition) is 4. The van der Waals surface area contributed by atoms with E-state index in [1.165, 1.54) is 0 Å². The van der Waals surface area contributed by atoms with E-state index in [1.54, 1.807) is 13.3 Å². The van der Waals surface area contributed by atoms with Crippen LogP contribution < -0.4 is 5.32 Å². The third-order valence-corrected chi connectivity index (χ3v) is 2.51. The highest BCUT2D eigenvalue weighted by Gasteiger charge is 2.27. The van der Waals surface area contributed by atoms with Crippen LogP contribution in [0.1, 0.15) is 26.1 Å². The Hall–Kier alpha value is -1.16. The normalized spacial score (nSPS) is 14.9. The largest absolute Gasteiger partial charge is 0.373 e. The van der Waals surface area contributed by atoms with E-state index in [0.717, 1.165) is 12.2 Å². The molecule has 0 radical (unpaired) electrons. The number of anilines is 1. The standard InChI is InChI=1S/C10H17N3O/c1-5-10(2,14-4)9-12-7-6-8(11-3)13-9/h6-7H,5H2,1-4H3,(H,11,12,13). The van der Waals surface area contributed by atoms with Crippen molar-refractivity contribution >= 4 is 5.82 Å². The minimum Gasteiger partial charge on any atom is -0.373 e. The molecule has 0 fully saturated rings. The quantitative estimate of drug-likeness (QED) is 0.795. The van der Waals surface area contributed by atoms with Gasteiger partial charge in [-0.25, -0.2) is 9.97 Å². The molecule has 1 heterocycles. The first-order valence-corrected chi connectivity index (χ1v) is 4.72. The Balaban J connectivity index is 3.04. The van der Waals surface area contributed by atoms with Crippen LogP contribution in [0.25, 0.3) is 0 Å². The molecule has 1 unspecified atom stereocenters. The highest BCUT2D eigenvalue weighted by atomic mass is 16.5. The lowest BCUT2D eigenvalue weighted by atomic mass is 10.0. The molecular formula is C10H17N3O. The van der Waals surface area contributed by atoms with Crippen molar-refractivity contribution in [3.05, 3.63) is 18.1 Å². The summed E-state index contributed by atoms with van der Waals surface area (Å²) in [5.74, 6) is 1.53. The monoisotopic (exact) mass is 195 g/mol. The van der Waals surface area contributed by atoms with Crippen LogP contribution in [0.15, 0.2) is 12.3 Å². The average molecular weight is 195 g/mol. The van der Waals surface area contributed by atoms with Crippen LogP contribution in [0.2, 0.25) is 0 Å². The molecule has 0 spiro atoms. The maximum absolute atomic E-state index is 5.42. The van der Waals surface area contributed by atoms with Gasteiger partial charge < -0.3 is 10.1 Å². The third kappa shape index (κ3) is 2.01. The number of ether oxygens (including phenoxy) is 1. The number of nitrogens with one attached hydrogen (secondary N) is 1. The zero-order chi connectivity index (χ0) is 10.6. The summed E-state index contributed by atoms with van der Waals surface area (Å²) >= 11 is 0. The van der Waals surface area contributed by atoms with E-state index >= 15 is 0 Å². The van der Waals surface area contributed by atoms with Crippen LogP contribution in [0.4, 0.5) is 5.82 Å². The van der Waals surface area contributed by atoms with Crippen molar-refractivity contribution in [2.75, 3.05) is 19.5 Å². The number of aromatic nitrogens is 2. The summed E-state index contributed by atoms with van der Waals surface area (Å²) in [7, 11) is 3.51. The molecule has 1 aromatic rings. The molecule has 0 aromatic carbocycles. The van der Waals surface area contributed by atoms with Crippen LogP contribution in [0.3, 0.4) is 0 Å². The summed E-state index contributed by atoms with van der Waals surface area (Å²) in [4.78, 5) is 8.58. The molecule has 0 aliphatic rings. The lowest BCUT2D eigenvalue weighted by Gasteiger charge is -2.24. The summed E-state index contributed by atoms with van der Waals surface area (Å²) < 4.78 is 5.42. The van der Waals surface area contributed by atoms with Crippen molar-refractivity contribution < 1.29 is 4.74 Å². The van der Waals surface area contributed by atoms with E-state index in [9.17, 15) is 0 Å². The topological polar surface area (TPSA) is 47.0 Å². The fraction of sp³-hybridized carbons (Fsp3) is 0.600. The van der Waals surface area contributed by atoms with Gasteiger partial charge in [0.05, 0.1) is 0 Å². The van der Waals surface area contributed by atoms with Gasteiger partial charge in [0.2, 0.25) is 0 Å². The molecule has 1 atom stereocenters. The van der Waals surface area contributed by atoms with E-state index in [2.05, 4.69) is 22.2 Å². The fourth-order valence-corrected chi connectivity index (χ4v) is 1.15. The molecule has 1 aromatic heterocycles. The molecule has 1 rings (SSSR count). The van der Waals surface area contributed by atoms with Crippen molar-refractivity contribution in [2.45, 2.75) is 25.9 Å². The van der Waals surface area contributed by atoms with Gasteiger partial charge >= 0.3 is 0 Å². The first-order chi connectivity index (χ1) is 6.66. The number of nitrogens with zero attached hydrogens (tertiary/aromatic N) is 2. The second-order valence-electron chi connectivity index (χ2n) is 3.30. The molecule has 0 aliphatic carbocycles. The van der Waals surface area contributed by atoms with Crippen molar-refractivity contribution in [3.8, 4) is 0 Å². The van der Waals surface area contributed by atoms with Gasteiger partial charge in [0.25, 0.3) is 0 Å². The molecule has 0 amide bonds. The SMILES string of the molecule is CCC(C)(OC)c1nccc(NC)n1. The second-order valence-corrected chi connectivity index (χ2v) is 3.30. The van der Waals surface area contributed by atoms with E-state index < -0.39 is 5.60 Å². The maximum Gasteiger partial charge on any atom is 0.162 e. The number of hydrogen-bond donors (Lipinski definition) is 1. The Kier molecular flexibility index (Phi) is 3.41. The third-order valence-electron chi connectivity index (χ3n) is 2.51. The molecule has 0 saturated heterocycles. The van der Waals surface area contributed by atoms with E-state index in [-0.39, 0.29) is 0 Å². The summed E-state index contributed by atoms with van der Waals surface area (Å²) in [6.45, 7) is 4.04. The van der Waals surface area contributed by atoms with Gasteiger partial charge in [0, 0.05) is 20.4 Å². The van der Waals surface area contributed by atoms with Crippen molar-refractivity contribution in [3.63, 3.8) is 0 Å². The van der Waals surface area contributed by atoms with E-state index in [1.807, 2.05) is 20.0 Å². The number of methoxy groups -OCH3 is 1. The summed E-state index contributed by atoms with van der Waals surface area (Å²) in [6.07, 6.45) is 2.58. The van der Waals surface area contributed by atoms with Gasteiger partial charge in [-0.1, -0.05) is 6.92 Å². The Labute approximate surface area is 84.7 Å². The lowest BCUT2D eigenvalue weighted by molar-refractivity contribution is -0.00887. The molecule has 4 heteroatoms. The second kappa shape index (κ2) is 4.37. The van der Waals surface area contributed by atoms with Crippen molar-refractivity contribution in [1.82, 2.24) is 9.97 Å². The Morgan fingerprint density at radius 3 is 2.79 bits per heavy atom. The predicted octanol–water partition coefficient (Wildman–Crippen LogP) is 1.79. The Morgan fingerprint density at radius 2 is 2.29 bits per heavy atom. The first-order valence-electron chi connectivity index (χ1n) is 4.72. The summed E-state index contributed by atoms with van der Waals surface area (Å²) in [6, 6.07) is 1.83. The van der Waals surface area contributed by atoms with Gasteiger partial charge in [-0.15, -0.1) is 0 Å². The smallest absolute Gasteiger partial charge is 0.162 e. The average Bonchev–Trinajstić information content (AvgIpc) is 2.28. The lowest BCUT2D eigenvalue weighted by Crippen LogP contribution is -2.26. The van der Waals surface area contributed by atoms with Gasteiger partial charge in [0.15, 0.2) is 5.82 Å². The zero-order valence-electron chi connectivity index (χ0n) is 9.16. The van der Waals surface area contributed by atoms with E-state index in [0.29, 0.717) is 5.82 Å². The Bertz CT molecular complexity index is 297. The van der Waals surface area contributed by atoms with Gasteiger partial charge in [0.1, 0.15) is 11.4 Å². The summed E-state index contributed by atoms with van der Waals surface area (Å²) in [5, 5.41) is 2.98. The molecule has 1 N–H and O–H groups in total. The zero-order valence-corrected chi connectivity index (χ0v) is 9.16. The Morgan fingerprint density at radius 1 is 1.57 bits per heavy atom. The molecular weight excluding hydrogens is 178 g/mol. The molecule has 0 aliphatic heterocycles. The van der Waals surface area contributed by atoms with Gasteiger partial charge in [-0.05, 0) is 19.4 Å². The summed E-state index contributed by atoms with van der Waals surface area (Å²) in [5.41, 5.74) is -0.396. The van der Waals surface area contributed by atoms with Crippen LogP contribution in [-0.2, 0) is 10.3 Å². The molecule has 0 saturated carbocycles. The number of rotatable bonds is 4. The molecule has 14 heavy (non-hydrogen) atoms. The van der Waals surface area contributed by atoms with Crippen LogP contribution in [0.5, 0.6) is 0 Å². The minimum absolute atomic E-state index is 0.396.